The lowest BCUT2D eigenvalue weighted by Gasteiger charge is -2.32. The highest BCUT2D eigenvalue weighted by atomic mass is 16.5. The Kier molecular flexibility index (Phi) is 6.96. The Balaban J connectivity index is 1.80. The van der Waals surface area contributed by atoms with Crippen LogP contribution in [0.15, 0.2) is 76.1 Å². The van der Waals surface area contributed by atoms with Gasteiger partial charge in [-0.1, -0.05) is 31.2 Å². The molecule has 2 aromatic heterocycles. The van der Waals surface area contributed by atoms with Crippen LogP contribution in [0.3, 0.4) is 0 Å². The molecular formula is C26H28N4O4. The molecule has 2 amide bonds. The van der Waals surface area contributed by atoms with Gasteiger partial charge < -0.3 is 19.4 Å². The van der Waals surface area contributed by atoms with Crippen LogP contribution in [0.1, 0.15) is 37.9 Å². The van der Waals surface area contributed by atoms with Crippen LogP contribution in [0.5, 0.6) is 5.75 Å². The summed E-state index contributed by atoms with van der Waals surface area (Å²) in [6.07, 6.45) is 2.12. The Labute approximate surface area is 197 Å². The molecule has 0 bridgehead atoms. The standard InChI is InChI=1S/C26H28N4O4/c1-4-22(24-27-20-13-7-6-12-19(20)25(31)29(24)5-2)30(17-18-11-10-16-34-18)26(32)28-21-14-8-9-15-23(21)33-3/h6-16,22H,4-5,17H2,1-3H3,(H,28,32). The predicted octanol–water partition coefficient (Wildman–Crippen LogP) is 5.20. The predicted molar refractivity (Wildman–Crippen MR) is 131 cm³/mol. The van der Waals surface area contributed by atoms with Crippen LogP contribution < -0.4 is 15.6 Å². The van der Waals surface area contributed by atoms with E-state index in [2.05, 4.69) is 5.32 Å². The first-order valence-corrected chi connectivity index (χ1v) is 11.3. The van der Waals surface area contributed by atoms with Gasteiger partial charge in [-0.2, -0.15) is 0 Å². The van der Waals surface area contributed by atoms with Crippen molar-refractivity contribution in [2.24, 2.45) is 0 Å². The Bertz CT molecular complexity index is 1330. The number of methoxy groups -OCH3 is 1. The van der Waals surface area contributed by atoms with Gasteiger partial charge in [-0.15, -0.1) is 0 Å². The van der Waals surface area contributed by atoms with Gasteiger partial charge in [-0.3, -0.25) is 9.36 Å². The van der Waals surface area contributed by atoms with E-state index in [-0.39, 0.29) is 18.1 Å². The largest absolute Gasteiger partial charge is 0.495 e. The fourth-order valence-electron chi connectivity index (χ4n) is 4.12. The molecule has 176 valence electrons. The SMILES string of the molecule is CCC(c1nc2ccccc2c(=O)n1CC)N(Cc1ccco1)C(=O)Nc1ccccc1OC. The molecule has 2 aromatic carbocycles. The van der Waals surface area contributed by atoms with Gasteiger partial charge in [0, 0.05) is 6.54 Å². The highest BCUT2D eigenvalue weighted by molar-refractivity contribution is 5.91. The molecule has 1 atom stereocenters. The van der Waals surface area contributed by atoms with E-state index in [1.165, 1.54) is 0 Å². The first-order valence-electron chi connectivity index (χ1n) is 11.3. The average molecular weight is 461 g/mol. The quantitative estimate of drug-likeness (QED) is 0.390. The number of nitrogens with one attached hydrogen (secondary N) is 1. The lowest BCUT2D eigenvalue weighted by molar-refractivity contribution is 0.169. The van der Waals surface area contributed by atoms with Crippen molar-refractivity contribution in [3.05, 3.63) is 88.9 Å². The highest BCUT2D eigenvalue weighted by Gasteiger charge is 2.29. The first-order chi connectivity index (χ1) is 16.6. The molecule has 4 aromatic rings. The molecule has 0 saturated carbocycles. The van der Waals surface area contributed by atoms with Crippen molar-refractivity contribution in [2.75, 3.05) is 12.4 Å². The van der Waals surface area contributed by atoms with E-state index in [0.29, 0.717) is 46.9 Å². The highest BCUT2D eigenvalue weighted by Crippen LogP contribution is 2.29. The van der Waals surface area contributed by atoms with Crippen LogP contribution in [-0.4, -0.2) is 27.6 Å². The molecule has 0 radical (unpaired) electrons. The van der Waals surface area contributed by atoms with Crippen molar-refractivity contribution in [1.29, 1.82) is 0 Å². The number of carbonyl (C=O) groups is 1. The third kappa shape index (κ3) is 4.52. The Morgan fingerprint density at radius 3 is 2.59 bits per heavy atom. The molecule has 0 aliphatic heterocycles. The van der Waals surface area contributed by atoms with Gasteiger partial charge in [0.2, 0.25) is 0 Å². The summed E-state index contributed by atoms with van der Waals surface area (Å²) in [5, 5.41) is 3.51. The molecule has 34 heavy (non-hydrogen) atoms. The number of furan rings is 1. The molecule has 0 aliphatic carbocycles. The fourth-order valence-corrected chi connectivity index (χ4v) is 4.12. The summed E-state index contributed by atoms with van der Waals surface area (Å²) in [6, 6.07) is 17.3. The molecule has 1 N–H and O–H groups in total. The number of anilines is 1. The van der Waals surface area contributed by atoms with Gasteiger partial charge >= 0.3 is 6.03 Å². The lowest BCUT2D eigenvalue weighted by Crippen LogP contribution is -2.40. The number of carbonyl (C=O) groups excluding carboxylic acids is 1. The normalized spacial score (nSPS) is 11.9. The molecule has 8 heteroatoms. The number of hydrogen-bond acceptors (Lipinski definition) is 5. The zero-order chi connectivity index (χ0) is 24.1. The number of urea groups is 1. The van der Waals surface area contributed by atoms with E-state index in [9.17, 15) is 9.59 Å². The number of amides is 2. The third-order valence-corrected chi connectivity index (χ3v) is 5.78. The van der Waals surface area contributed by atoms with Gasteiger partial charge in [0.25, 0.3) is 5.56 Å². The minimum Gasteiger partial charge on any atom is -0.495 e. The van der Waals surface area contributed by atoms with E-state index < -0.39 is 6.04 Å². The molecule has 1 unspecified atom stereocenters. The van der Waals surface area contributed by atoms with Crippen LogP contribution >= 0.6 is 0 Å². The average Bonchev–Trinajstić information content (AvgIpc) is 3.38. The Morgan fingerprint density at radius 2 is 1.88 bits per heavy atom. The van der Waals surface area contributed by atoms with Crippen molar-refractivity contribution < 1.29 is 13.9 Å². The van der Waals surface area contributed by atoms with Crippen LogP contribution in [0.25, 0.3) is 10.9 Å². The van der Waals surface area contributed by atoms with Crippen LogP contribution in [0.4, 0.5) is 10.5 Å². The molecule has 0 saturated heterocycles. The maximum absolute atomic E-state index is 13.6. The van der Waals surface area contributed by atoms with E-state index in [0.717, 1.165) is 0 Å². The van der Waals surface area contributed by atoms with E-state index in [4.69, 9.17) is 14.1 Å². The number of ether oxygens (including phenoxy) is 1. The van der Waals surface area contributed by atoms with Crippen LogP contribution in [0.2, 0.25) is 0 Å². The van der Waals surface area contributed by atoms with Crippen molar-refractivity contribution in [3.8, 4) is 5.75 Å². The number of fused-ring (bicyclic) bond motifs is 1. The zero-order valence-corrected chi connectivity index (χ0v) is 19.5. The van der Waals surface area contributed by atoms with Crippen molar-refractivity contribution in [3.63, 3.8) is 0 Å². The summed E-state index contributed by atoms with van der Waals surface area (Å²) in [5.74, 6) is 1.71. The number of para-hydroxylation sites is 3. The maximum atomic E-state index is 13.6. The second-order valence-electron chi connectivity index (χ2n) is 7.80. The summed E-state index contributed by atoms with van der Waals surface area (Å²) in [4.78, 5) is 33.4. The van der Waals surface area contributed by atoms with Gasteiger partial charge in [-0.05, 0) is 49.7 Å². The lowest BCUT2D eigenvalue weighted by atomic mass is 10.1. The summed E-state index contributed by atoms with van der Waals surface area (Å²) < 4.78 is 12.6. The molecule has 4 rings (SSSR count). The second-order valence-corrected chi connectivity index (χ2v) is 7.80. The summed E-state index contributed by atoms with van der Waals surface area (Å²) >= 11 is 0. The molecule has 2 heterocycles. The number of hydrogen-bond donors (Lipinski definition) is 1. The van der Waals surface area contributed by atoms with Crippen molar-refractivity contribution in [2.45, 2.75) is 39.4 Å². The summed E-state index contributed by atoms with van der Waals surface area (Å²) in [7, 11) is 1.55. The molecular weight excluding hydrogens is 432 g/mol. The smallest absolute Gasteiger partial charge is 0.322 e. The van der Waals surface area contributed by atoms with E-state index in [1.54, 1.807) is 47.1 Å². The van der Waals surface area contributed by atoms with Gasteiger partial charge in [0.1, 0.15) is 17.3 Å². The van der Waals surface area contributed by atoms with Crippen molar-refractivity contribution in [1.82, 2.24) is 14.5 Å². The number of aromatic nitrogens is 2. The number of rotatable bonds is 8. The van der Waals surface area contributed by atoms with Crippen LogP contribution in [0, 0.1) is 0 Å². The molecule has 8 nitrogen and oxygen atoms in total. The number of nitrogens with zero attached hydrogens (tertiary/aromatic N) is 3. The van der Waals surface area contributed by atoms with Gasteiger partial charge in [0.05, 0.1) is 42.5 Å². The van der Waals surface area contributed by atoms with Gasteiger partial charge in [-0.25, -0.2) is 9.78 Å². The first kappa shape index (κ1) is 23.1. The van der Waals surface area contributed by atoms with E-state index >= 15 is 0 Å². The maximum Gasteiger partial charge on any atom is 0.322 e. The van der Waals surface area contributed by atoms with Crippen LogP contribution in [-0.2, 0) is 13.1 Å². The fraction of sp³-hybridized carbons (Fsp3) is 0.269. The van der Waals surface area contributed by atoms with Crippen molar-refractivity contribution >= 4 is 22.6 Å². The Morgan fingerprint density at radius 1 is 1.12 bits per heavy atom. The Hall–Kier alpha value is -4.07. The van der Waals surface area contributed by atoms with Gasteiger partial charge in [0.15, 0.2) is 0 Å². The second kappa shape index (κ2) is 10.2. The summed E-state index contributed by atoms with van der Waals surface area (Å²) in [6.45, 7) is 4.52. The number of benzene rings is 2. The molecule has 0 spiro atoms. The van der Waals surface area contributed by atoms with E-state index in [1.807, 2.05) is 50.2 Å². The molecule has 0 fully saturated rings. The monoisotopic (exact) mass is 460 g/mol. The molecule has 0 aliphatic rings. The topological polar surface area (TPSA) is 89.6 Å². The summed E-state index contributed by atoms with van der Waals surface area (Å²) in [5.41, 5.74) is 1.03. The zero-order valence-electron chi connectivity index (χ0n) is 19.5. The minimum absolute atomic E-state index is 0.121. The minimum atomic E-state index is -0.475. The third-order valence-electron chi connectivity index (χ3n) is 5.78.